The standard InChI is InChI=1S/C19H17ClF2N2O2S/c1-2-12-27(25,26)23-16-10-9-15(21)19(18(16)22)24-11-3-4-17(24)13-5-7-14(20)8-6-13/h3-11,23H,2,12H2,1H3. The number of rotatable bonds is 6. The van der Waals surface area contributed by atoms with Crippen LogP contribution in [0.3, 0.4) is 0 Å². The molecule has 27 heavy (non-hydrogen) atoms. The Morgan fingerprint density at radius 3 is 2.44 bits per heavy atom. The number of aromatic nitrogens is 1. The fourth-order valence-corrected chi connectivity index (χ4v) is 4.02. The van der Waals surface area contributed by atoms with E-state index >= 15 is 4.39 Å². The number of nitrogens with zero attached hydrogens (tertiary/aromatic N) is 1. The van der Waals surface area contributed by atoms with Gasteiger partial charge in [0.05, 0.1) is 17.1 Å². The summed E-state index contributed by atoms with van der Waals surface area (Å²) in [6.45, 7) is 1.70. The Morgan fingerprint density at radius 2 is 1.78 bits per heavy atom. The maximum atomic E-state index is 15.0. The first-order valence-electron chi connectivity index (χ1n) is 8.24. The quantitative estimate of drug-likeness (QED) is 0.605. The summed E-state index contributed by atoms with van der Waals surface area (Å²) >= 11 is 5.90. The van der Waals surface area contributed by atoms with Crippen LogP contribution in [0.15, 0.2) is 54.7 Å². The smallest absolute Gasteiger partial charge is 0.232 e. The van der Waals surface area contributed by atoms with E-state index in [2.05, 4.69) is 4.72 Å². The van der Waals surface area contributed by atoms with Crippen molar-refractivity contribution in [3.8, 4) is 16.9 Å². The highest BCUT2D eigenvalue weighted by molar-refractivity contribution is 7.92. The van der Waals surface area contributed by atoms with Crippen LogP contribution in [-0.2, 0) is 10.0 Å². The van der Waals surface area contributed by atoms with Crippen molar-refractivity contribution >= 4 is 27.3 Å². The van der Waals surface area contributed by atoms with Gasteiger partial charge in [0.1, 0.15) is 11.5 Å². The third-order valence-corrected chi connectivity index (χ3v) is 5.66. The van der Waals surface area contributed by atoms with Gasteiger partial charge in [-0.1, -0.05) is 30.7 Å². The molecule has 142 valence electrons. The van der Waals surface area contributed by atoms with Crippen LogP contribution in [0.1, 0.15) is 13.3 Å². The van der Waals surface area contributed by atoms with Crippen molar-refractivity contribution in [3.05, 3.63) is 71.4 Å². The number of benzene rings is 2. The minimum atomic E-state index is -3.71. The maximum absolute atomic E-state index is 15.0. The summed E-state index contributed by atoms with van der Waals surface area (Å²) in [7, 11) is -3.71. The van der Waals surface area contributed by atoms with E-state index in [1.54, 1.807) is 43.3 Å². The van der Waals surface area contributed by atoms with E-state index in [1.807, 2.05) is 0 Å². The molecule has 0 aliphatic heterocycles. The molecule has 8 heteroatoms. The van der Waals surface area contributed by atoms with Gasteiger partial charge >= 0.3 is 0 Å². The molecule has 4 nitrogen and oxygen atoms in total. The summed E-state index contributed by atoms with van der Waals surface area (Å²) in [5.74, 6) is -1.95. The molecule has 0 saturated heterocycles. The predicted molar refractivity (Wildman–Crippen MR) is 104 cm³/mol. The molecule has 1 heterocycles. The minimum Gasteiger partial charge on any atom is -0.311 e. The highest BCUT2D eigenvalue weighted by atomic mass is 35.5. The van der Waals surface area contributed by atoms with Crippen LogP contribution < -0.4 is 4.72 Å². The van der Waals surface area contributed by atoms with Gasteiger partial charge in [0.25, 0.3) is 0 Å². The number of halogens is 3. The van der Waals surface area contributed by atoms with E-state index in [9.17, 15) is 12.8 Å². The Labute approximate surface area is 161 Å². The summed E-state index contributed by atoms with van der Waals surface area (Å²) in [5.41, 5.74) is 0.593. The van der Waals surface area contributed by atoms with Gasteiger partial charge in [-0.3, -0.25) is 4.72 Å². The van der Waals surface area contributed by atoms with Crippen molar-refractivity contribution in [2.75, 3.05) is 10.5 Å². The second-order valence-corrected chi connectivity index (χ2v) is 8.23. The third kappa shape index (κ3) is 4.14. The van der Waals surface area contributed by atoms with Gasteiger partial charge in [-0.05, 0) is 48.4 Å². The van der Waals surface area contributed by atoms with E-state index in [4.69, 9.17) is 11.6 Å². The molecule has 0 amide bonds. The van der Waals surface area contributed by atoms with E-state index in [-0.39, 0.29) is 17.1 Å². The first-order chi connectivity index (χ1) is 12.8. The molecule has 1 N–H and O–H groups in total. The second kappa shape index (κ2) is 7.70. The fourth-order valence-electron chi connectivity index (χ4n) is 2.76. The van der Waals surface area contributed by atoms with E-state index < -0.39 is 21.7 Å². The number of hydrogen-bond acceptors (Lipinski definition) is 2. The van der Waals surface area contributed by atoms with Gasteiger partial charge in [-0.15, -0.1) is 0 Å². The molecule has 0 radical (unpaired) electrons. The number of nitrogens with one attached hydrogen (secondary N) is 1. The Balaban J connectivity index is 2.10. The molecular weight excluding hydrogens is 394 g/mol. The topological polar surface area (TPSA) is 51.1 Å². The van der Waals surface area contributed by atoms with Gasteiger partial charge < -0.3 is 4.57 Å². The highest BCUT2D eigenvalue weighted by Crippen LogP contribution is 2.31. The zero-order valence-electron chi connectivity index (χ0n) is 14.4. The summed E-state index contributed by atoms with van der Waals surface area (Å²) in [6.07, 6.45) is 1.89. The van der Waals surface area contributed by atoms with Gasteiger partial charge in [-0.2, -0.15) is 0 Å². The van der Waals surface area contributed by atoms with Crippen molar-refractivity contribution in [3.63, 3.8) is 0 Å². The Bertz CT molecular complexity index is 1060. The molecule has 0 unspecified atom stereocenters. The van der Waals surface area contributed by atoms with Gasteiger partial charge in [0.15, 0.2) is 5.82 Å². The molecule has 3 aromatic rings. The van der Waals surface area contributed by atoms with Crippen molar-refractivity contribution in [2.24, 2.45) is 0 Å². The number of sulfonamides is 1. The lowest BCUT2D eigenvalue weighted by atomic mass is 10.1. The highest BCUT2D eigenvalue weighted by Gasteiger charge is 2.20. The first kappa shape index (κ1) is 19.4. The predicted octanol–water partition coefficient (Wildman–Crippen LogP) is 5.23. The summed E-state index contributed by atoms with van der Waals surface area (Å²) in [4.78, 5) is 0. The normalized spacial score (nSPS) is 11.6. The lowest BCUT2D eigenvalue weighted by Crippen LogP contribution is -2.18. The van der Waals surface area contributed by atoms with Crippen LogP contribution in [0.5, 0.6) is 0 Å². The molecule has 0 aliphatic rings. The lowest BCUT2D eigenvalue weighted by molar-refractivity contribution is 0.571. The van der Waals surface area contributed by atoms with Crippen LogP contribution in [0, 0.1) is 11.6 Å². The zero-order valence-corrected chi connectivity index (χ0v) is 16.0. The molecular formula is C19H17ClF2N2O2S. The lowest BCUT2D eigenvalue weighted by Gasteiger charge is -2.15. The van der Waals surface area contributed by atoms with E-state index in [0.29, 0.717) is 22.7 Å². The fraction of sp³-hybridized carbons (Fsp3) is 0.158. The molecule has 0 spiro atoms. The molecule has 3 rings (SSSR count). The summed E-state index contributed by atoms with van der Waals surface area (Å²) in [5, 5.41) is 0.543. The van der Waals surface area contributed by atoms with Crippen molar-refractivity contribution < 1.29 is 17.2 Å². The van der Waals surface area contributed by atoms with Crippen LogP contribution in [-0.4, -0.2) is 18.7 Å². The van der Waals surface area contributed by atoms with Gasteiger partial charge in [0, 0.05) is 11.2 Å². The summed E-state index contributed by atoms with van der Waals surface area (Å²) in [6, 6.07) is 12.3. The molecule has 0 atom stereocenters. The monoisotopic (exact) mass is 410 g/mol. The Hall–Kier alpha value is -2.38. The average Bonchev–Trinajstić information content (AvgIpc) is 3.07. The molecule has 1 aromatic heterocycles. The molecule has 0 fully saturated rings. The van der Waals surface area contributed by atoms with Crippen molar-refractivity contribution in [1.29, 1.82) is 0 Å². The number of hydrogen-bond donors (Lipinski definition) is 1. The Kier molecular flexibility index (Phi) is 5.53. The third-order valence-electron chi connectivity index (χ3n) is 3.93. The minimum absolute atomic E-state index is 0.154. The maximum Gasteiger partial charge on any atom is 0.232 e. The Morgan fingerprint density at radius 1 is 1.07 bits per heavy atom. The molecule has 0 bridgehead atoms. The zero-order chi connectivity index (χ0) is 19.6. The SMILES string of the molecule is CCCS(=O)(=O)Nc1ccc(F)c(-n2cccc2-c2ccc(Cl)cc2)c1F. The van der Waals surface area contributed by atoms with Crippen LogP contribution in [0.2, 0.25) is 5.02 Å². The molecule has 0 aliphatic carbocycles. The van der Waals surface area contributed by atoms with Crippen LogP contribution >= 0.6 is 11.6 Å². The second-order valence-electron chi connectivity index (χ2n) is 5.95. The van der Waals surface area contributed by atoms with Gasteiger partial charge in [0.2, 0.25) is 10.0 Å². The molecule has 0 saturated carbocycles. The van der Waals surface area contributed by atoms with Gasteiger partial charge in [-0.25, -0.2) is 17.2 Å². The average molecular weight is 411 g/mol. The number of anilines is 1. The summed E-state index contributed by atoms with van der Waals surface area (Å²) < 4.78 is 56.9. The largest absolute Gasteiger partial charge is 0.311 e. The van der Waals surface area contributed by atoms with E-state index in [1.165, 1.54) is 10.8 Å². The van der Waals surface area contributed by atoms with Crippen LogP contribution in [0.4, 0.5) is 14.5 Å². The first-order valence-corrected chi connectivity index (χ1v) is 10.3. The van der Waals surface area contributed by atoms with Crippen molar-refractivity contribution in [1.82, 2.24) is 4.57 Å². The molecule has 2 aromatic carbocycles. The van der Waals surface area contributed by atoms with E-state index in [0.717, 1.165) is 12.1 Å². The van der Waals surface area contributed by atoms with Crippen molar-refractivity contribution in [2.45, 2.75) is 13.3 Å². The van der Waals surface area contributed by atoms with Crippen LogP contribution in [0.25, 0.3) is 16.9 Å².